The van der Waals surface area contributed by atoms with Crippen LogP contribution in [0.25, 0.3) is 0 Å². The van der Waals surface area contributed by atoms with Gasteiger partial charge in [-0.2, -0.15) is 4.98 Å². The summed E-state index contributed by atoms with van der Waals surface area (Å²) in [5.41, 5.74) is 0. The molecule has 0 bridgehead atoms. The molecule has 0 radical (unpaired) electrons. The number of hydrogen-bond donors (Lipinski definition) is 1. The van der Waals surface area contributed by atoms with Crippen molar-refractivity contribution in [3.8, 4) is 0 Å². The number of nitrogens with one attached hydrogen (secondary N) is 1. The van der Waals surface area contributed by atoms with Gasteiger partial charge < -0.3 is 9.26 Å². The third-order valence-electron chi connectivity index (χ3n) is 1.35. The normalized spacial score (nSPS) is 10.2. The second-order valence-electron chi connectivity index (χ2n) is 2.73. The van der Waals surface area contributed by atoms with E-state index in [1.807, 2.05) is 13.8 Å². The summed E-state index contributed by atoms with van der Waals surface area (Å²) in [5.74, 6) is 0.711. The monoisotopic (exact) mass is 185 g/mol. The van der Waals surface area contributed by atoms with Crippen molar-refractivity contribution in [1.82, 2.24) is 10.1 Å². The Hall–Kier alpha value is -1.59. The lowest BCUT2D eigenvalue weighted by atomic mass is 10.2. The summed E-state index contributed by atoms with van der Waals surface area (Å²) >= 11 is 0. The van der Waals surface area contributed by atoms with Gasteiger partial charge in [-0.15, -0.1) is 0 Å². The van der Waals surface area contributed by atoms with Crippen LogP contribution < -0.4 is 5.32 Å². The minimum Gasteiger partial charge on any atom is -0.453 e. The van der Waals surface area contributed by atoms with Crippen LogP contribution in [-0.4, -0.2) is 23.3 Å². The molecule has 0 saturated heterocycles. The van der Waals surface area contributed by atoms with Gasteiger partial charge in [0.15, 0.2) is 5.82 Å². The van der Waals surface area contributed by atoms with E-state index in [0.29, 0.717) is 5.82 Å². The van der Waals surface area contributed by atoms with E-state index in [0.717, 1.165) is 0 Å². The molecule has 0 unspecified atom stereocenters. The molecule has 6 heteroatoms. The summed E-state index contributed by atoms with van der Waals surface area (Å²) in [6.45, 7) is 3.85. The molecule has 0 aliphatic carbocycles. The molecule has 1 heterocycles. The van der Waals surface area contributed by atoms with E-state index in [-0.39, 0.29) is 11.9 Å². The number of methoxy groups -OCH3 is 1. The zero-order valence-corrected chi connectivity index (χ0v) is 7.70. The maximum absolute atomic E-state index is 10.7. The molecule has 13 heavy (non-hydrogen) atoms. The Kier molecular flexibility index (Phi) is 2.84. The molecule has 0 saturated carbocycles. The Bertz CT molecular complexity index is 295. The Morgan fingerprint density at radius 1 is 1.62 bits per heavy atom. The zero-order valence-electron chi connectivity index (χ0n) is 7.70. The number of nitrogens with zero attached hydrogens (tertiary/aromatic N) is 2. The molecule has 0 fully saturated rings. The number of rotatable bonds is 2. The minimum atomic E-state index is -0.626. The Balaban J connectivity index is 2.64. The average molecular weight is 185 g/mol. The molecule has 1 rings (SSSR count). The summed E-state index contributed by atoms with van der Waals surface area (Å²) in [5, 5.41) is 5.91. The highest BCUT2D eigenvalue weighted by atomic mass is 16.5. The molecule has 72 valence electrons. The standard InChI is InChI=1S/C7H11N3O3/c1-4(2)5-8-6(13-10-5)9-7(11)12-3/h4H,1-3H3,(H,8,9,10,11). The summed E-state index contributed by atoms with van der Waals surface area (Å²) in [4.78, 5) is 14.6. The van der Waals surface area contributed by atoms with Gasteiger partial charge in [0.1, 0.15) is 0 Å². The van der Waals surface area contributed by atoms with Crippen molar-refractivity contribution in [2.75, 3.05) is 12.4 Å². The van der Waals surface area contributed by atoms with Gasteiger partial charge in [0.2, 0.25) is 0 Å². The number of hydrogen-bond acceptors (Lipinski definition) is 5. The molecule has 0 aliphatic rings. The first-order valence-corrected chi connectivity index (χ1v) is 3.82. The van der Waals surface area contributed by atoms with Crippen molar-refractivity contribution in [3.05, 3.63) is 5.82 Å². The maximum atomic E-state index is 10.7. The summed E-state index contributed by atoms with van der Waals surface area (Å²) in [6, 6.07) is 0.0514. The Morgan fingerprint density at radius 2 is 2.31 bits per heavy atom. The number of carbonyl (C=O) groups excluding carboxylic acids is 1. The highest BCUT2D eigenvalue weighted by molar-refractivity contribution is 5.81. The third kappa shape index (κ3) is 2.43. The van der Waals surface area contributed by atoms with Crippen LogP contribution in [0.1, 0.15) is 25.6 Å². The van der Waals surface area contributed by atoms with Crippen molar-refractivity contribution >= 4 is 12.1 Å². The fourth-order valence-corrected chi connectivity index (χ4v) is 0.658. The summed E-state index contributed by atoms with van der Waals surface area (Å²) in [7, 11) is 1.26. The molecule has 6 nitrogen and oxygen atoms in total. The SMILES string of the molecule is COC(=O)Nc1nc(C(C)C)no1. The first-order chi connectivity index (χ1) is 6.13. The predicted octanol–water partition coefficient (Wildman–Crippen LogP) is 1.37. The topological polar surface area (TPSA) is 77.2 Å². The van der Waals surface area contributed by atoms with Gasteiger partial charge in [0, 0.05) is 5.92 Å². The van der Waals surface area contributed by atoms with E-state index in [9.17, 15) is 4.79 Å². The maximum Gasteiger partial charge on any atom is 0.415 e. The molecule has 1 aromatic heterocycles. The van der Waals surface area contributed by atoms with Crippen LogP contribution in [0.3, 0.4) is 0 Å². The highest BCUT2D eigenvalue weighted by Gasteiger charge is 2.11. The zero-order chi connectivity index (χ0) is 9.84. The van der Waals surface area contributed by atoms with Crippen molar-refractivity contribution < 1.29 is 14.1 Å². The van der Waals surface area contributed by atoms with Crippen molar-refractivity contribution in [3.63, 3.8) is 0 Å². The van der Waals surface area contributed by atoms with Crippen LogP contribution in [0, 0.1) is 0 Å². The molecule has 0 spiro atoms. The summed E-state index contributed by atoms with van der Waals surface area (Å²) in [6.07, 6.45) is -0.626. The lowest BCUT2D eigenvalue weighted by Gasteiger charge is -1.95. The smallest absolute Gasteiger partial charge is 0.415 e. The van der Waals surface area contributed by atoms with Gasteiger partial charge in [0.05, 0.1) is 7.11 Å². The second-order valence-corrected chi connectivity index (χ2v) is 2.73. The molecular formula is C7H11N3O3. The largest absolute Gasteiger partial charge is 0.453 e. The molecule has 0 aromatic carbocycles. The lowest BCUT2D eigenvalue weighted by Crippen LogP contribution is -2.11. The van der Waals surface area contributed by atoms with E-state index in [1.54, 1.807) is 0 Å². The van der Waals surface area contributed by atoms with Crippen LogP contribution in [0.5, 0.6) is 0 Å². The average Bonchev–Trinajstić information content (AvgIpc) is 2.52. The van der Waals surface area contributed by atoms with E-state index in [4.69, 9.17) is 4.52 Å². The quantitative estimate of drug-likeness (QED) is 0.752. The predicted molar refractivity (Wildman–Crippen MR) is 44.4 cm³/mol. The third-order valence-corrected chi connectivity index (χ3v) is 1.35. The van der Waals surface area contributed by atoms with Crippen LogP contribution in [0.15, 0.2) is 4.52 Å². The Labute approximate surface area is 75.3 Å². The van der Waals surface area contributed by atoms with E-state index >= 15 is 0 Å². The van der Waals surface area contributed by atoms with Crippen molar-refractivity contribution in [2.24, 2.45) is 0 Å². The van der Waals surface area contributed by atoms with Crippen LogP contribution in [0.2, 0.25) is 0 Å². The molecule has 1 amide bonds. The van der Waals surface area contributed by atoms with Crippen LogP contribution >= 0.6 is 0 Å². The molecule has 0 atom stereocenters. The molecule has 1 N–H and O–H groups in total. The van der Waals surface area contributed by atoms with Crippen molar-refractivity contribution in [2.45, 2.75) is 19.8 Å². The Morgan fingerprint density at radius 3 is 2.77 bits per heavy atom. The number of aromatic nitrogens is 2. The fraction of sp³-hybridized carbons (Fsp3) is 0.571. The van der Waals surface area contributed by atoms with Gasteiger partial charge in [-0.3, -0.25) is 0 Å². The minimum absolute atomic E-state index is 0.0514. The van der Waals surface area contributed by atoms with E-state index in [1.165, 1.54) is 7.11 Å². The first-order valence-electron chi connectivity index (χ1n) is 3.82. The number of carbonyl (C=O) groups is 1. The van der Waals surface area contributed by atoms with Gasteiger partial charge in [-0.25, -0.2) is 10.1 Å². The molecule has 1 aromatic rings. The lowest BCUT2D eigenvalue weighted by molar-refractivity contribution is 0.185. The first kappa shape index (κ1) is 9.50. The van der Waals surface area contributed by atoms with Gasteiger partial charge in [0.25, 0.3) is 0 Å². The number of anilines is 1. The van der Waals surface area contributed by atoms with Crippen LogP contribution in [0.4, 0.5) is 10.8 Å². The summed E-state index contributed by atoms with van der Waals surface area (Å²) < 4.78 is 9.07. The molecular weight excluding hydrogens is 174 g/mol. The van der Waals surface area contributed by atoms with E-state index in [2.05, 4.69) is 20.2 Å². The van der Waals surface area contributed by atoms with E-state index < -0.39 is 6.09 Å². The van der Waals surface area contributed by atoms with Gasteiger partial charge in [-0.1, -0.05) is 19.0 Å². The van der Waals surface area contributed by atoms with Gasteiger partial charge in [-0.05, 0) is 0 Å². The highest BCUT2D eigenvalue weighted by Crippen LogP contribution is 2.12. The number of ether oxygens (including phenoxy) is 1. The molecule has 0 aliphatic heterocycles. The van der Waals surface area contributed by atoms with Gasteiger partial charge >= 0.3 is 12.1 Å². The second kappa shape index (κ2) is 3.88. The number of amides is 1. The van der Waals surface area contributed by atoms with Crippen LogP contribution in [-0.2, 0) is 4.74 Å². The van der Waals surface area contributed by atoms with Crippen molar-refractivity contribution in [1.29, 1.82) is 0 Å². The fourth-order valence-electron chi connectivity index (χ4n) is 0.658.